The van der Waals surface area contributed by atoms with Gasteiger partial charge >= 0.3 is 5.97 Å². The molecule has 1 unspecified atom stereocenters. The van der Waals surface area contributed by atoms with Crippen LogP contribution in [0.15, 0.2) is 43.0 Å². The highest BCUT2D eigenvalue weighted by Crippen LogP contribution is 2.17. The lowest BCUT2D eigenvalue weighted by molar-refractivity contribution is -0.143. The topological polar surface area (TPSA) is 43.4 Å². The lowest BCUT2D eigenvalue weighted by Gasteiger charge is -2.13. The second-order valence-corrected chi connectivity index (χ2v) is 3.96. The molecule has 0 radical (unpaired) electrons. The van der Waals surface area contributed by atoms with Gasteiger partial charge in [0.25, 0.3) is 0 Å². The first-order valence-electron chi connectivity index (χ1n) is 6.04. The molecule has 0 saturated heterocycles. The number of benzene rings is 1. The zero-order chi connectivity index (χ0) is 13.4. The van der Waals surface area contributed by atoms with Crippen LogP contribution in [0.25, 0.3) is 0 Å². The van der Waals surface area contributed by atoms with E-state index in [1.54, 1.807) is 25.1 Å². The highest BCUT2D eigenvalue weighted by molar-refractivity contribution is 5.99. The molecular formula is C15H18O3. The Hall–Kier alpha value is -1.90. The van der Waals surface area contributed by atoms with Crippen LogP contribution in [0.5, 0.6) is 0 Å². The van der Waals surface area contributed by atoms with Crippen LogP contribution in [0.1, 0.15) is 30.1 Å². The molecule has 96 valence electrons. The molecule has 18 heavy (non-hydrogen) atoms. The van der Waals surface area contributed by atoms with Gasteiger partial charge in [0.1, 0.15) is 0 Å². The Labute approximate surface area is 107 Å². The van der Waals surface area contributed by atoms with Gasteiger partial charge in [0.2, 0.25) is 0 Å². The van der Waals surface area contributed by atoms with Crippen molar-refractivity contribution in [1.82, 2.24) is 0 Å². The Kier molecular flexibility index (Phi) is 5.85. The molecule has 0 aliphatic heterocycles. The highest BCUT2D eigenvalue weighted by Gasteiger charge is 2.22. The SMILES string of the molecule is C=CCC(CC(=O)OCC)C(=O)c1ccccc1. The molecule has 1 aromatic carbocycles. The van der Waals surface area contributed by atoms with Crippen LogP contribution < -0.4 is 0 Å². The predicted octanol–water partition coefficient (Wildman–Crippen LogP) is 3.01. The maximum absolute atomic E-state index is 12.2. The molecule has 1 rings (SSSR count). The van der Waals surface area contributed by atoms with E-state index in [1.165, 1.54) is 0 Å². The molecule has 1 aromatic rings. The van der Waals surface area contributed by atoms with Crippen LogP contribution in [0.4, 0.5) is 0 Å². The molecule has 0 aliphatic rings. The first-order valence-corrected chi connectivity index (χ1v) is 6.04. The van der Waals surface area contributed by atoms with Gasteiger partial charge in [-0.1, -0.05) is 36.4 Å². The molecule has 0 saturated carbocycles. The van der Waals surface area contributed by atoms with E-state index in [4.69, 9.17) is 4.74 Å². The normalized spacial score (nSPS) is 11.6. The van der Waals surface area contributed by atoms with Gasteiger partial charge in [-0.15, -0.1) is 6.58 Å². The molecule has 0 N–H and O–H groups in total. The van der Waals surface area contributed by atoms with Gasteiger partial charge in [-0.2, -0.15) is 0 Å². The van der Waals surface area contributed by atoms with E-state index >= 15 is 0 Å². The minimum atomic E-state index is -0.385. The van der Waals surface area contributed by atoms with Crippen LogP contribution in [0.3, 0.4) is 0 Å². The van der Waals surface area contributed by atoms with Crippen molar-refractivity contribution >= 4 is 11.8 Å². The Morgan fingerprint density at radius 2 is 2.00 bits per heavy atom. The summed E-state index contributed by atoms with van der Waals surface area (Å²) in [4.78, 5) is 23.7. The summed E-state index contributed by atoms with van der Waals surface area (Å²) in [5.74, 6) is -0.763. The minimum Gasteiger partial charge on any atom is -0.466 e. The van der Waals surface area contributed by atoms with Crippen molar-refractivity contribution in [3.8, 4) is 0 Å². The summed E-state index contributed by atoms with van der Waals surface area (Å²) in [5, 5.41) is 0. The number of Topliss-reactive ketones (excluding diaryl/α,β-unsaturated/α-hetero) is 1. The van der Waals surface area contributed by atoms with Crippen LogP contribution in [0.2, 0.25) is 0 Å². The van der Waals surface area contributed by atoms with Crippen LogP contribution in [0, 0.1) is 5.92 Å². The van der Waals surface area contributed by atoms with E-state index < -0.39 is 0 Å². The fourth-order valence-electron chi connectivity index (χ4n) is 1.74. The quantitative estimate of drug-likeness (QED) is 0.422. The number of hydrogen-bond acceptors (Lipinski definition) is 3. The van der Waals surface area contributed by atoms with Gasteiger partial charge in [-0.25, -0.2) is 0 Å². The molecule has 0 aromatic heterocycles. The number of allylic oxidation sites excluding steroid dienone is 1. The monoisotopic (exact) mass is 246 g/mol. The maximum Gasteiger partial charge on any atom is 0.306 e. The Balaban J connectivity index is 2.75. The fraction of sp³-hybridized carbons (Fsp3) is 0.333. The third-order valence-corrected chi connectivity index (χ3v) is 2.60. The molecule has 0 bridgehead atoms. The van der Waals surface area contributed by atoms with E-state index in [2.05, 4.69) is 6.58 Å². The standard InChI is InChI=1S/C15H18O3/c1-3-8-13(11-14(16)18-4-2)15(17)12-9-6-5-7-10-12/h3,5-7,9-10,13H,1,4,8,11H2,2H3. The average molecular weight is 246 g/mol. The van der Waals surface area contributed by atoms with E-state index in [1.807, 2.05) is 18.2 Å². The van der Waals surface area contributed by atoms with Gasteiger partial charge in [0, 0.05) is 11.5 Å². The number of carbonyl (C=O) groups is 2. The molecule has 0 spiro atoms. The largest absolute Gasteiger partial charge is 0.466 e. The van der Waals surface area contributed by atoms with Crippen molar-refractivity contribution < 1.29 is 14.3 Å². The summed E-state index contributed by atoms with van der Waals surface area (Å²) < 4.78 is 4.88. The first kappa shape index (κ1) is 14.2. The predicted molar refractivity (Wildman–Crippen MR) is 70.3 cm³/mol. The smallest absolute Gasteiger partial charge is 0.306 e. The third-order valence-electron chi connectivity index (χ3n) is 2.60. The molecule has 0 amide bonds. The number of hydrogen-bond donors (Lipinski definition) is 0. The van der Waals surface area contributed by atoms with Crippen molar-refractivity contribution in [3.05, 3.63) is 48.6 Å². The number of esters is 1. The molecule has 1 atom stereocenters. The van der Waals surface area contributed by atoms with E-state index in [9.17, 15) is 9.59 Å². The van der Waals surface area contributed by atoms with Crippen molar-refractivity contribution in [1.29, 1.82) is 0 Å². The van der Waals surface area contributed by atoms with Crippen molar-refractivity contribution in [2.24, 2.45) is 5.92 Å². The number of carbonyl (C=O) groups excluding carboxylic acids is 2. The van der Waals surface area contributed by atoms with Gasteiger partial charge in [0.05, 0.1) is 13.0 Å². The van der Waals surface area contributed by atoms with Crippen molar-refractivity contribution in [2.75, 3.05) is 6.61 Å². The summed E-state index contributed by atoms with van der Waals surface area (Å²) in [6, 6.07) is 8.98. The number of ether oxygens (including phenoxy) is 1. The first-order chi connectivity index (χ1) is 8.69. The molecule has 3 heteroatoms. The van der Waals surface area contributed by atoms with Crippen LogP contribution in [-0.2, 0) is 9.53 Å². The van der Waals surface area contributed by atoms with Crippen LogP contribution in [-0.4, -0.2) is 18.4 Å². The summed E-state index contributed by atoms with van der Waals surface area (Å²) in [5.41, 5.74) is 0.619. The van der Waals surface area contributed by atoms with Gasteiger partial charge in [-0.3, -0.25) is 9.59 Å². The maximum atomic E-state index is 12.2. The second-order valence-electron chi connectivity index (χ2n) is 3.96. The lowest BCUT2D eigenvalue weighted by atomic mass is 9.92. The Morgan fingerprint density at radius 1 is 1.33 bits per heavy atom. The fourth-order valence-corrected chi connectivity index (χ4v) is 1.74. The van der Waals surface area contributed by atoms with E-state index in [0.717, 1.165) is 0 Å². The molecule has 0 fully saturated rings. The summed E-state index contributed by atoms with van der Waals surface area (Å²) in [6.07, 6.45) is 2.24. The zero-order valence-corrected chi connectivity index (χ0v) is 10.6. The lowest BCUT2D eigenvalue weighted by Crippen LogP contribution is -2.19. The van der Waals surface area contributed by atoms with Crippen LogP contribution >= 0.6 is 0 Å². The Bertz CT molecular complexity index is 409. The highest BCUT2D eigenvalue weighted by atomic mass is 16.5. The van der Waals surface area contributed by atoms with Gasteiger partial charge in [0.15, 0.2) is 5.78 Å². The zero-order valence-electron chi connectivity index (χ0n) is 10.6. The van der Waals surface area contributed by atoms with Crippen molar-refractivity contribution in [3.63, 3.8) is 0 Å². The average Bonchev–Trinajstić information content (AvgIpc) is 2.39. The minimum absolute atomic E-state index is 0.0384. The van der Waals surface area contributed by atoms with Gasteiger partial charge < -0.3 is 4.74 Å². The molecule has 0 aliphatic carbocycles. The summed E-state index contributed by atoms with van der Waals surface area (Å²) in [6.45, 7) is 5.71. The number of rotatable bonds is 7. The molecule has 3 nitrogen and oxygen atoms in total. The summed E-state index contributed by atoms with van der Waals surface area (Å²) >= 11 is 0. The van der Waals surface area contributed by atoms with E-state index in [-0.39, 0.29) is 24.1 Å². The summed E-state index contributed by atoms with van der Waals surface area (Å²) in [7, 11) is 0. The molecule has 0 heterocycles. The second kappa shape index (κ2) is 7.43. The van der Waals surface area contributed by atoms with E-state index in [0.29, 0.717) is 18.6 Å². The van der Waals surface area contributed by atoms with Gasteiger partial charge in [-0.05, 0) is 13.3 Å². The Morgan fingerprint density at radius 3 is 2.56 bits per heavy atom. The van der Waals surface area contributed by atoms with Crippen molar-refractivity contribution in [2.45, 2.75) is 19.8 Å². The number of ketones is 1. The third kappa shape index (κ3) is 4.17. The molecular weight excluding hydrogens is 228 g/mol.